The van der Waals surface area contributed by atoms with Gasteiger partial charge in [-0.3, -0.25) is 0 Å². The Hall–Kier alpha value is -1.59. The summed E-state index contributed by atoms with van der Waals surface area (Å²) < 4.78 is 32.1. The average Bonchev–Trinajstić information content (AvgIpc) is 2.45. The van der Waals surface area contributed by atoms with Crippen molar-refractivity contribution in [2.45, 2.75) is 25.2 Å². The normalized spacial score (nSPS) is 11.7. The van der Waals surface area contributed by atoms with E-state index < -0.39 is 10.0 Å². The van der Waals surface area contributed by atoms with Gasteiger partial charge >= 0.3 is 0 Å². The van der Waals surface area contributed by atoms with Crippen LogP contribution in [0.4, 0.5) is 0 Å². The molecule has 0 saturated heterocycles. The van der Waals surface area contributed by atoms with Gasteiger partial charge in [0.1, 0.15) is 5.75 Å². The Morgan fingerprint density at radius 1 is 1.05 bits per heavy atom. The summed E-state index contributed by atoms with van der Waals surface area (Å²) in [6, 6.07) is 10.7. The molecule has 0 heterocycles. The number of sulfonamides is 1. The second-order valence-corrected chi connectivity index (χ2v) is 6.27. The van der Waals surface area contributed by atoms with Crippen molar-refractivity contribution in [3.8, 4) is 5.75 Å². The molecule has 0 radical (unpaired) electrons. The van der Waals surface area contributed by atoms with Gasteiger partial charge in [-0.25, -0.2) is 13.1 Å². The molecule has 2 aromatic rings. The monoisotopic (exact) mass is 293 g/mol. The Morgan fingerprint density at radius 3 is 2.45 bits per heavy atom. The first-order valence-electron chi connectivity index (χ1n) is 6.73. The van der Waals surface area contributed by atoms with Crippen LogP contribution in [0.3, 0.4) is 0 Å². The number of rotatable bonds is 6. The number of ether oxygens (including phenoxy) is 1. The molecule has 108 valence electrons. The van der Waals surface area contributed by atoms with Gasteiger partial charge in [-0.15, -0.1) is 0 Å². The molecule has 0 aliphatic carbocycles. The van der Waals surface area contributed by atoms with Crippen molar-refractivity contribution in [2.24, 2.45) is 0 Å². The first-order valence-corrected chi connectivity index (χ1v) is 8.21. The van der Waals surface area contributed by atoms with Crippen LogP contribution in [0.15, 0.2) is 41.3 Å². The molecule has 20 heavy (non-hydrogen) atoms. The standard InChI is InChI=1S/C15H19NO3S/c1-3-9-16-20(17,18)15-8-6-12-10-14(19-4-2)7-5-13(12)11-15/h5-8,10-11,16H,3-4,9H2,1-2H3. The molecular weight excluding hydrogens is 274 g/mol. The smallest absolute Gasteiger partial charge is 0.240 e. The Labute approximate surface area is 119 Å². The molecule has 0 aliphatic heterocycles. The van der Waals surface area contributed by atoms with Crippen LogP contribution in [0.1, 0.15) is 20.3 Å². The molecule has 5 heteroatoms. The zero-order valence-corrected chi connectivity index (χ0v) is 12.5. The molecule has 0 bridgehead atoms. The van der Waals surface area contributed by atoms with E-state index >= 15 is 0 Å². The number of nitrogens with one attached hydrogen (secondary N) is 1. The summed E-state index contributed by atoms with van der Waals surface area (Å²) in [7, 11) is -3.42. The highest BCUT2D eigenvalue weighted by atomic mass is 32.2. The minimum absolute atomic E-state index is 0.294. The van der Waals surface area contributed by atoms with Gasteiger partial charge in [-0.2, -0.15) is 0 Å². The Kier molecular flexibility index (Phi) is 4.62. The quantitative estimate of drug-likeness (QED) is 0.891. The SMILES string of the molecule is CCCNS(=O)(=O)c1ccc2cc(OCC)ccc2c1. The van der Waals surface area contributed by atoms with E-state index in [1.807, 2.05) is 32.0 Å². The van der Waals surface area contributed by atoms with Crippen molar-refractivity contribution in [3.05, 3.63) is 36.4 Å². The molecule has 1 N–H and O–H groups in total. The van der Waals surface area contributed by atoms with Crippen LogP contribution in [0.5, 0.6) is 5.75 Å². The summed E-state index contributed by atoms with van der Waals surface area (Å²) in [5, 5.41) is 1.85. The third kappa shape index (κ3) is 3.29. The third-order valence-corrected chi connectivity index (χ3v) is 4.41. The van der Waals surface area contributed by atoms with Crippen LogP contribution in [0.25, 0.3) is 10.8 Å². The van der Waals surface area contributed by atoms with Gasteiger partial charge in [0.25, 0.3) is 0 Å². The molecule has 2 rings (SSSR count). The van der Waals surface area contributed by atoms with E-state index in [0.717, 1.165) is 22.9 Å². The lowest BCUT2D eigenvalue weighted by Crippen LogP contribution is -2.24. The maximum atomic E-state index is 12.1. The van der Waals surface area contributed by atoms with Crippen molar-refractivity contribution in [1.29, 1.82) is 0 Å². The first kappa shape index (κ1) is 14.8. The van der Waals surface area contributed by atoms with Gasteiger partial charge in [0.15, 0.2) is 0 Å². The predicted molar refractivity (Wildman–Crippen MR) is 80.6 cm³/mol. The minimum atomic E-state index is -3.42. The van der Waals surface area contributed by atoms with Crippen molar-refractivity contribution in [2.75, 3.05) is 13.2 Å². The summed E-state index contributed by atoms with van der Waals surface area (Å²) in [5.74, 6) is 0.791. The van der Waals surface area contributed by atoms with E-state index in [-0.39, 0.29) is 0 Å². The van der Waals surface area contributed by atoms with Gasteiger partial charge in [-0.05, 0) is 48.4 Å². The number of benzene rings is 2. The molecule has 0 aromatic heterocycles. The first-order chi connectivity index (χ1) is 9.56. The fourth-order valence-electron chi connectivity index (χ4n) is 1.95. The molecular formula is C15H19NO3S. The maximum Gasteiger partial charge on any atom is 0.240 e. The van der Waals surface area contributed by atoms with E-state index in [4.69, 9.17) is 4.74 Å². The Morgan fingerprint density at radius 2 is 1.75 bits per heavy atom. The highest BCUT2D eigenvalue weighted by Crippen LogP contribution is 2.23. The fourth-order valence-corrected chi connectivity index (χ4v) is 3.11. The van der Waals surface area contributed by atoms with Crippen molar-refractivity contribution in [1.82, 2.24) is 4.72 Å². The van der Waals surface area contributed by atoms with Crippen LogP contribution in [-0.4, -0.2) is 21.6 Å². The molecule has 2 aromatic carbocycles. The summed E-state index contributed by atoms with van der Waals surface area (Å²) in [4.78, 5) is 0.294. The van der Waals surface area contributed by atoms with Crippen molar-refractivity contribution in [3.63, 3.8) is 0 Å². The van der Waals surface area contributed by atoms with Crippen LogP contribution >= 0.6 is 0 Å². The van der Waals surface area contributed by atoms with Gasteiger partial charge < -0.3 is 4.74 Å². The molecule has 0 atom stereocenters. The van der Waals surface area contributed by atoms with Crippen LogP contribution < -0.4 is 9.46 Å². The van der Waals surface area contributed by atoms with Gasteiger partial charge in [0, 0.05) is 6.54 Å². The topological polar surface area (TPSA) is 55.4 Å². The van der Waals surface area contributed by atoms with E-state index in [0.29, 0.717) is 18.0 Å². The van der Waals surface area contributed by atoms with Crippen molar-refractivity contribution >= 4 is 20.8 Å². The van der Waals surface area contributed by atoms with Crippen LogP contribution in [0, 0.1) is 0 Å². The zero-order chi connectivity index (χ0) is 14.6. The lowest BCUT2D eigenvalue weighted by Gasteiger charge is -2.08. The third-order valence-electron chi connectivity index (χ3n) is 2.95. The van der Waals surface area contributed by atoms with E-state index in [1.165, 1.54) is 0 Å². The molecule has 0 aliphatic rings. The molecule has 0 fully saturated rings. The Bertz CT molecular complexity index is 695. The zero-order valence-electron chi connectivity index (χ0n) is 11.7. The maximum absolute atomic E-state index is 12.1. The summed E-state index contributed by atoms with van der Waals surface area (Å²) in [6.07, 6.45) is 0.768. The lowest BCUT2D eigenvalue weighted by molar-refractivity contribution is 0.341. The van der Waals surface area contributed by atoms with Gasteiger partial charge in [-0.1, -0.05) is 19.1 Å². The number of fused-ring (bicyclic) bond motifs is 1. The van der Waals surface area contributed by atoms with Gasteiger partial charge in [0.2, 0.25) is 10.0 Å². The van der Waals surface area contributed by atoms with Gasteiger partial charge in [0.05, 0.1) is 11.5 Å². The van der Waals surface area contributed by atoms with Crippen LogP contribution in [-0.2, 0) is 10.0 Å². The second-order valence-electron chi connectivity index (χ2n) is 4.50. The van der Waals surface area contributed by atoms with Crippen LogP contribution in [0.2, 0.25) is 0 Å². The average molecular weight is 293 g/mol. The second kappa shape index (κ2) is 6.24. The summed E-state index contributed by atoms with van der Waals surface area (Å²) in [5.41, 5.74) is 0. The lowest BCUT2D eigenvalue weighted by atomic mass is 10.1. The highest BCUT2D eigenvalue weighted by Gasteiger charge is 2.13. The van der Waals surface area contributed by atoms with E-state index in [9.17, 15) is 8.42 Å². The Balaban J connectivity index is 2.37. The predicted octanol–water partition coefficient (Wildman–Crippen LogP) is 2.93. The van der Waals surface area contributed by atoms with Crippen molar-refractivity contribution < 1.29 is 13.2 Å². The minimum Gasteiger partial charge on any atom is -0.494 e. The highest BCUT2D eigenvalue weighted by molar-refractivity contribution is 7.89. The fraction of sp³-hybridized carbons (Fsp3) is 0.333. The number of hydrogen-bond acceptors (Lipinski definition) is 3. The summed E-state index contributed by atoms with van der Waals surface area (Å²) >= 11 is 0. The molecule has 0 amide bonds. The van der Waals surface area contributed by atoms with E-state index in [1.54, 1.807) is 18.2 Å². The molecule has 0 spiro atoms. The molecule has 4 nitrogen and oxygen atoms in total. The van der Waals surface area contributed by atoms with E-state index in [2.05, 4.69) is 4.72 Å². The molecule has 0 unspecified atom stereocenters. The summed E-state index contributed by atoms with van der Waals surface area (Å²) in [6.45, 7) is 4.92. The number of hydrogen-bond donors (Lipinski definition) is 1. The molecule has 0 saturated carbocycles. The largest absolute Gasteiger partial charge is 0.494 e.